The molecular weight excluding hydrogens is 265 g/mol. The highest BCUT2D eigenvalue weighted by atomic mass is 35.5. The minimum Gasteiger partial charge on any atom is -0.310 e. The summed E-state index contributed by atoms with van der Waals surface area (Å²) in [6.07, 6.45) is 8.24. The van der Waals surface area contributed by atoms with E-state index in [9.17, 15) is 0 Å². The van der Waals surface area contributed by atoms with E-state index < -0.39 is 0 Å². The molecule has 2 atom stereocenters. The van der Waals surface area contributed by atoms with Crippen molar-refractivity contribution < 1.29 is 0 Å². The van der Waals surface area contributed by atoms with Crippen molar-refractivity contribution in [2.75, 3.05) is 6.54 Å². The first kappa shape index (κ1) is 13.9. The highest BCUT2D eigenvalue weighted by molar-refractivity contribution is 6.35. The topological polar surface area (TPSA) is 12.0 Å². The molecule has 0 radical (unpaired) electrons. The molecule has 0 aliphatic heterocycles. The van der Waals surface area contributed by atoms with Crippen LogP contribution in [0.15, 0.2) is 30.4 Å². The number of rotatable bonds is 4. The molecule has 0 saturated carbocycles. The smallest absolute Gasteiger partial charge is 0.0468 e. The number of allylic oxidation sites excluding steroid dienone is 2. The zero-order chi connectivity index (χ0) is 13.0. The fraction of sp³-hybridized carbons (Fsp3) is 0.467. The molecule has 0 spiro atoms. The van der Waals surface area contributed by atoms with Crippen molar-refractivity contribution in [2.24, 2.45) is 5.92 Å². The SMILES string of the molecule is CC(NCC1CC=CCC1)c1ccc(Cl)cc1Cl. The summed E-state index contributed by atoms with van der Waals surface area (Å²) in [6, 6.07) is 5.97. The number of benzene rings is 1. The summed E-state index contributed by atoms with van der Waals surface area (Å²) in [5.74, 6) is 0.753. The van der Waals surface area contributed by atoms with Crippen LogP contribution in [-0.4, -0.2) is 6.54 Å². The lowest BCUT2D eigenvalue weighted by Crippen LogP contribution is -2.26. The van der Waals surface area contributed by atoms with Crippen molar-refractivity contribution in [3.05, 3.63) is 46.0 Å². The fourth-order valence-corrected chi connectivity index (χ4v) is 2.92. The molecule has 0 saturated heterocycles. The van der Waals surface area contributed by atoms with Gasteiger partial charge in [0.25, 0.3) is 0 Å². The molecule has 0 aromatic heterocycles. The Morgan fingerprint density at radius 2 is 2.17 bits per heavy atom. The van der Waals surface area contributed by atoms with Gasteiger partial charge >= 0.3 is 0 Å². The second-order valence-corrected chi connectivity index (χ2v) is 5.79. The molecule has 3 heteroatoms. The Bertz CT molecular complexity index is 429. The van der Waals surface area contributed by atoms with Crippen LogP contribution in [0.1, 0.15) is 37.8 Å². The predicted octanol–water partition coefficient (Wildman–Crippen LogP) is 5.00. The van der Waals surface area contributed by atoms with Crippen LogP contribution in [0.25, 0.3) is 0 Å². The lowest BCUT2D eigenvalue weighted by molar-refractivity contribution is 0.415. The molecule has 1 aromatic rings. The van der Waals surface area contributed by atoms with Gasteiger partial charge in [-0.25, -0.2) is 0 Å². The summed E-state index contributed by atoms with van der Waals surface area (Å²) in [5.41, 5.74) is 1.12. The summed E-state index contributed by atoms with van der Waals surface area (Å²) in [6.45, 7) is 3.19. The van der Waals surface area contributed by atoms with Gasteiger partial charge in [-0.2, -0.15) is 0 Å². The van der Waals surface area contributed by atoms with E-state index >= 15 is 0 Å². The van der Waals surface area contributed by atoms with Crippen molar-refractivity contribution in [3.63, 3.8) is 0 Å². The van der Waals surface area contributed by atoms with Gasteiger partial charge in [-0.1, -0.05) is 41.4 Å². The molecule has 2 rings (SSSR count). The Morgan fingerprint density at radius 3 is 2.83 bits per heavy atom. The quantitative estimate of drug-likeness (QED) is 0.767. The average Bonchev–Trinajstić information content (AvgIpc) is 2.37. The van der Waals surface area contributed by atoms with Gasteiger partial charge in [-0.15, -0.1) is 0 Å². The molecule has 0 bridgehead atoms. The van der Waals surface area contributed by atoms with Gasteiger partial charge < -0.3 is 5.32 Å². The number of nitrogens with one attached hydrogen (secondary N) is 1. The zero-order valence-electron chi connectivity index (χ0n) is 10.6. The first-order valence-electron chi connectivity index (χ1n) is 6.50. The van der Waals surface area contributed by atoms with E-state index in [1.54, 1.807) is 6.07 Å². The maximum absolute atomic E-state index is 6.21. The molecule has 98 valence electrons. The lowest BCUT2D eigenvalue weighted by Gasteiger charge is -2.22. The summed E-state index contributed by atoms with van der Waals surface area (Å²) >= 11 is 12.1. The van der Waals surface area contributed by atoms with Gasteiger partial charge in [0.15, 0.2) is 0 Å². The highest BCUT2D eigenvalue weighted by Crippen LogP contribution is 2.26. The monoisotopic (exact) mass is 283 g/mol. The Hall–Kier alpha value is -0.500. The van der Waals surface area contributed by atoms with Crippen LogP contribution in [0.3, 0.4) is 0 Å². The number of hydrogen-bond donors (Lipinski definition) is 1. The standard InChI is InChI=1S/C15H19Cl2N/c1-11(14-8-7-13(16)9-15(14)17)18-10-12-5-3-2-4-6-12/h2-3,7-9,11-12,18H,4-6,10H2,1H3. The Balaban J connectivity index is 1.90. The molecule has 1 aliphatic rings. The minimum atomic E-state index is 0.265. The molecule has 1 nitrogen and oxygen atoms in total. The van der Waals surface area contributed by atoms with Gasteiger partial charge in [0.2, 0.25) is 0 Å². The predicted molar refractivity (Wildman–Crippen MR) is 79.4 cm³/mol. The van der Waals surface area contributed by atoms with E-state index in [1.807, 2.05) is 12.1 Å². The van der Waals surface area contributed by atoms with Crippen LogP contribution in [0.5, 0.6) is 0 Å². The fourth-order valence-electron chi connectivity index (χ4n) is 2.35. The third kappa shape index (κ3) is 3.74. The van der Waals surface area contributed by atoms with Gasteiger partial charge in [0.05, 0.1) is 0 Å². The van der Waals surface area contributed by atoms with E-state index in [-0.39, 0.29) is 6.04 Å². The van der Waals surface area contributed by atoms with Crippen molar-refractivity contribution in [3.8, 4) is 0 Å². The molecule has 2 unspecified atom stereocenters. The average molecular weight is 284 g/mol. The second kappa shape index (κ2) is 6.60. The third-order valence-corrected chi connectivity index (χ3v) is 4.08. The van der Waals surface area contributed by atoms with E-state index in [1.165, 1.54) is 19.3 Å². The second-order valence-electron chi connectivity index (χ2n) is 4.95. The summed E-state index contributed by atoms with van der Waals surface area (Å²) in [5, 5.41) is 5.00. The first-order valence-corrected chi connectivity index (χ1v) is 7.25. The molecule has 1 N–H and O–H groups in total. The minimum absolute atomic E-state index is 0.265. The summed E-state index contributed by atoms with van der Waals surface area (Å²) in [7, 11) is 0. The van der Waals surface area contributed by atoms with Crippen LogP contribution in [0.2, 0.25) is 10.0 Å². The number of halogens is 2. The van der Waals surface area contributed by atoms with E-state index in [0.29, 0.717) is 5.02 Å². The van der Waals surface area contributed by atoms with Gasteiger partial charge in [0, 0.05) is 16.1 Å². The lowest BCUT2D eigenvalue weighted by atomic mass is 9.94. The normalized spacial score (nSPS) is 20.9. The van der Waals surface area contributed by atoms with Crippen molar-refractivity contribution in [1.29, 1.82) is 0 Å². The van der Waals surface area contributed by atoms with Crippen molar-refractivity contribution >= 4 is 23.2 Å². The largest absolute Gasteiger partial charge is 0.310 e. The first-order chi connectivity index (χ1) is 8.66. The maximum Gasteiger partial charge on any atom is 0.0468 e. The molecule has 0 fully saturated rings. The highest BCUT2D eigenvalue weighted by Gasteiger charge is 2.13. The number of hydrogen-bond acceptors (Lipinski definition) is 1. The Kier molecular flexibility index (Phi) is 5.11. The van der Waals surface area contributed by atoms with Crippen LogP contribution >= 0.6 is 23.2 Å². The molecule has 0 amide bonds. The summed E-state index contributed by atoms with van der Waals surface area (Å²) in [4.78, 5) is 0. The molecular formula is C15H19Cl2N. The van der Waals surface area contributed by atoms with E-state index in [2.05, 4.69) is 24.4 Å². The van der Waals surface area contributed by atoms with Gasteiger partial charge in [-0.3, -0.25) is 0 Å². The molecule has 18 heavy (non-hydrogen) atoms. The van der Waals surface area contributed by atoms with Crippen LogP contribution in [-0.2, 0) is 0 Å². The zero-order valence-corrected chi connectivity index (χ0v) is 12.1. The van der Waals surface area contributed by atoms with Crippen molar-refractivity contribution in [1.82, 2.24) is 5.32 Å². The van der Waals surface area contributed by atoms with Gasteiger partial charge in [-0.05, 0) is 56.3 Å². The molecule has 1 aliphatic carbocycles. The van der Waals surface area contributed by atoms with Crippen LogP contribution < -0.4 is 5.32 Å². The van der Waals surface area contributed by atoms with Crippen LogP contribution in [0.4, 0.5) is 0 Å². The van der Waals surface area contributed by atoms with Crippen LogP contribution in [0, 0.1) is 5.92 Å². The summed E-state index contributed by atoms with van der Waals surface area (Å²) < 4.78 is 0. The molecule has 0 heterocycles. The van der Waals surface area contributed by atoms with E-state index in [4.69, 9.17) is 23.2 Å². The Morgan fingerprint density at radius 1 is 1.33 bits per heavy atom. The third-order valence-electron chi connectivity index (χ3n) is 3.52. The Labute approximate surface area is 119 Å². The van der Waals surface area contributed by atoms with E-state index in [0.717, 1.165) is 23.0 Å². The maximum atomic E-state index is 6.21. The molecule has 1 aromatic carbocycles. The van der Waals surface area contributed by atoms with Gasteiger partial charge in [0.1, 0.15) is 0 Å². The van der Waals surface area contributed by atoms with Crippen molar-refractivity contribution in [2.45, 2.75) is 32.2 Å².